The van der Waals surface area contributed by atoms with E-state index in [-0.39, 0.29) is 51.2 Å². The first-order chi connectivity index (χ1) is 20.9. The van der Waals surface area contributed by atoms with Crippen LogP contribution >= 0.6 is 11.6 Å². The molecule has 8 nitrogen and oxygen atoms in total. The van der Waals surface area contributed by atoms with Crippen LogP contribution in [0.15, 0.2) is 40.9 Å². The average molecular weight is 633 g/mol. The minimum absolute atomic E-state index is 0.00861. The second kappa shape index (κ2) is 11.6. The topological polar surface area (TPSA) is 91.1 Å². The molecule has 3 fully saturated rings. The fourth-order valence-corrected chi connectivity index (χ4v) is 6.49. The molecule has 6 rings (SSSR count). The van der Waals surface area contributed by atoms with Crippen LogP contribution in [0.4, 0.5) is 18.9 Å². The van der Waals surface area contributed by atoms with Gasteiger partial charge < -0.3 is 23.6 Å². The second-order valence-electron chi connectivity index (χ2n) is 12.5. The Labute approximate surface area is 257 Å². The number of rotatable bonds is 8. The monoisotopic (exact) mass is 632 g/mol. The van der Waals surface area contributed by atoms with Crippen LogP contribution in [0, 0.1) is 5.82 Å². The highest BCUT2D eigenvalue weighted by atomic mass is 35.5. The normalized spacial score (nSPS) is 21.5. The van der Waals surface area contributed by atoms with Crippen molar-refractivity contribution in [1.82, 2.24) is 5.16 Å². The molecule has 2 aromatic carbocycles. The summed E-state index contributed by atoms with van der Waals surface area (Å²) < 4.78 is 63.3. The molecule has 2 aliphatic heterocycles. The number of halogens is 4. The summed E-state index contributed by atoms with van der Waals surface area (Å²) in [7, 11) is 0. The fourth-order valence-electron chi connectivity index (χ4n) is 6.23. The third kappa shape index (κ3) is 6.11. The van der Waals surface area contributed by atoms with E-state index in [1.54, 1.807) is 32.9 Å². The number of carbonyl (C=O) groups excluding carboxylic acids is 2. The molecule has 0 unspecified atom stereocenters. The van der Waals surface area contributed by atoms with Gasteiger partial charge in [-0.1, -0.05) is 22.8 Å². The van der Waals surface area contributed by atoms with Gasteiger partial charge in [-0.25, -0.2) is 14.0 Å². The molecule has 2 bridgehead atoms. The van der Waals surface area contributed by atoms with E-state index in [4.69, 9.17) is 25.6 Å². The first kappa shape index (κ1) is 30.3. The Morgan fingerprint density at radius 3 is 2.36 bits per heavy atom. The molecule has 1 aliphatic carbocycles. The Kier molecular flexibility index (Phi) is 8.02. The van der Waals surface area contributed by atoms with Gasteiger partial charge >= 0.3 is 18.6 Å². The van der Waals surface area contributed by atoms with Gasteiger partial charge in [-0.15, -0.1) is 0 Å². The van der Waals surface area contributed by atoms with Crippen molar-refractivity contribution < 1.29 is 41.5 Å². The Morgan fingerprint density at radius 1 is 1.05 bits per heavy atom. The zero-order valence-electron chi connectivity index (χ0n) is 24.4. The summed E-state index contributed by atoms with van der Waals surface area (Å²) in [5.74, 6) is -1.74. The van der Waals surface area contributed by atoms with Gasteiger partial charge in [0.15, 0.2) is 5.76 Å². The van der Waals surface area contributed by atoms with E-state index >= 15 is 4.39 Å². The molecule has 2 saturated heterocycles. The SMILES string of the molecule is CC(C)(C)OC(=O)c1ccc(N2[C@@H]3CC[C@H]2C[C@@H](OC(=O)c2c(-c4c(Cl)cccc4OC(F)F)noc2C2CC2)C3)c(F)c1. The summed E-state index contributed by atoms with van der Waals surface area (Å²) in [5, 5.41) is 4.13. The van der Waals surface area contributed by atoms with Crippen LogP contribution in [-0.4, -0.2) is 47.5 Å². The lowest BCUT2D eigenvalue weighted by molar-refractivity contribution is -0.0494. The Balaban J connectivity index is 1.21. The molecule has 3 heterocycles. The summed E-state index contributed by atoms with van der Waals surface area (Å²) in [4.78, 5) is 28.2. The first-order valence-corrected chi connectivity index (χ1v) is 15.0. The minimum Gasteiger partial charge on any atom is -0.458 e. The largest absolute Gasteiger partial charge is 0.458 e. The molecule has 1 aromatic heterocycles. The maximum atomic E-state index is 15.4. The molecule has 0 N–H and O–H groups in total. The number of anilines is 1. The van der Waals surface area contributed by atoms with Gasteiger partial charge in [0.2, 0.25) is 0 Å². The van der Waals surface area contributed by atoms with Crippen LogP contribution < -0.4 is 9.64 Å². The number of fused-ring (bicyclic) bond motifs is 2. The van der Waals surface area contributed by atoms with Gasteiger partial charge in [-0.05, 0) is 76.8 Å². The lowest BCUT2D eigenvalue weighted by Crippen LogP contribution is -2.46. The van der Waals surface area contributed by atoms with Crippen LogP contribution in [0.3, 0.4) is 0 Å². The molecule has 44 heavy (non-hydrogen) atoms. The van der Waals surface area contributed by atoms with Crippen LogP contribution in [0.5, 0.6) is 5.75 Å². The number of carbonyl (C=O) groups is 2. The molecule has 234 valence electrons. The van der Waals surface area contributed by atoms with E-state index in [0.717, 1.165) is 25.7 Å². The zero-order valence-corrected chi connectivity index (χ0v) is 25.2. The average Bonchev–Trinajstić information content (AvgIpc) is 3.63. The lowest BCUT2D eigenvalue weighted by atomic mass is 9.97. The van der Waals surface area contributed by atoms with E-state index in [2.05, 4.69) is 9.89 Å². The third-order valence-corrected chi connectivity index (χ3v) is 8.44. The summed E-state index contributed by atoms with van der Waals surface area (Å²) in [5.41, 5.74) is -0.112. The van der Waals surface area contributed by atoms with E-state index in [9.17, 15) is 18.4 Å². The van der Waals surface area contributed by atoms with Crippen molar-refractivity contribution in [3.63, 3.8) is 0 Å². The van der Waals surface area contributed by atoms with Crippen molar-refractivity contribution >= 4 is 29.2 Å². The Bertz CT molecular complexity index is 1570. The number of nitrogens with zero attached hydrogens (tertiary/aromatic N) is 2. The number of hydrogen-bond acceptors (Lipinski definition) is 8. The standard InChI is InChI=1S/C32H32ClF3N2O6/c1-32(2,3)43-29(39)17-9-12-23(22(34)13-17)38-18-10-11-19(38)15-20(14-18)41-30(40)26-27(37-44-28(26)16-7-8-16)25-21(33)5-4-6-24(25)42-31(35)36/h4-6,9,12-13,16,18-20,31H,7-8,10-11,14-15H2,1-3H3/t18-,19+,20+. The Hall–Kier alpha value is -3.73. The molecule has 1 saturated carbocycles. The number of aromatic nitrogens is 1. The highest BCUT2D eigenvalue weighted by Crippen LogP contribution is 2.47. The van der Waals surface area contributed by atoms with Crippen molar-refractivity contribution in [3.05, 3.63) is 64.1 Å². The van der Waals surface area contributed by atoms with E-state index < -0.39 is 36.1 Å². The molecule has 3 atom stereocenters. The molecular formula is C32H32ClF3N2O6. The fraction of sp³-hybridized carbons (Fsp3) is 0.469. The number of piperidine rings is 1. The van der Waals surface area contributed by atoms with Crippen molar-refractivity contribution in [1.29, 1.82) is 0 Å². The van der Waals surface area contributed by atoms with Gasteiger partial charge in [0.25, 0.3) is 0 Å². The van der Waals surface area contributed by atoms with Gasteiger partial charge in [-0.2, -0.15) is 8.78 Å². The summed E-state index contributed by atoms with van der Waals surface area (Å²) >= 11 is 6.39. The molecule has 0 spiro atoms. The molecular weight excluding hydrogens is 601 g/mol. The van der Waals surface area contributed by atoms with Crippen molar-refractivity contribution in [2.75, 3.05) is 4.90 Å². The van der Waals surface area contributed by atoms with Gasteiger partial charge in [0.05, 0.1) is 21.8 Å². The van der Waals surface area contributed by atoms with Crippen molar-refractivity contribution in [3.8, 4) is 17.0 Å². The zero-order chi connectivity index (χ0) is 31.3. The minimum atomic E-state index is -3.11. The maximum absolute atomic E-state index is 15.4. The summed E-state index contributed by atoms with van der Waals surface area (Å²) in [6.07, 6.45) is 3.59. The number of esters is 2. The maximum Gasteiger partial charge on any atom is 0.387 e. The number of alkyl halides is 2. The number of ether oxygens (including phenoxy) is 3. The van der Waals surface area contributed by atoms with E-state index in [1.165, 1.54) is 24.3 Å². The highest BCUT2D eigenvalue weighted by molar-refractivity contribution is 6.33. The number of hydrogen-bond donors (Lipinski definition) is 0. The van der Waals surface area contributed by atoms with Crippen LogP contribution in [0.1, 0.15) is 91.7 Å². The second-order valence-corrected chi connectivity index (χ2v) is 12.9. The summed E-state index contributed by atoms with van der Waals surface area (Å²) in [6.45, 7) is 2.13. The molecule has 12 heteroatoms. The smallest absolute Gasteiger partial charge is 0.387 e. The molecule has 3 aromatic rings. The number of benzene rings is 2. The predicted molar refractivity (Wildman–Crippen MR) is 155 cm³/mol. The van der Waals surface area contributed by atoms with E-state index in [0.29, 0.717) is 24.3 Å². The van der Waals surface area contributed by atoms with Gasteiger partial charge in [0.1, 0.15) is 34.5 Å². The Morgan fingerprint density at radius 2 is 1.75 bits per heavy atom. The third-order valence-electron chi connectivity index (χ3n) is 8.12. The van der Waals surface area contributed by atoms with Crippen LogP contribution in [0.2, 0.25) is 5.02 Å². The van der Waals surface area contributed by atoms with Crippen LogP contribution in [0.25, 0.3) is 11.3 Å². The van der Waals surface area contributed by atoms with E-state index in [1.807, 2.05) is 4.90 Å². The lowest BCUT2D eigenvalue weighted by Gasteiger charge is -2.40. The van der Waals surface area contributed by atoms with Crippen molar-refractivity contribution in [2.24, 2.45) is 0 Å². The quantitative estimate of drug-likeness (QED) is 0.231. The molecule has 0 amide bonds. The van der Waals surface area contributed by atoms with Gasteiger partial charge in [-0.3, -0.25) is 0 Å². The molecule has 3 aliphatic rings. The van der Waals surface area contributed by atoms with Gasteiger partial charge in [0, 0.05) is 30.8 Å². The van der Waals surface area contributed by atoms with Crippen molar-refractivity contribution in [2.45, 2.75) is 95.6 Å². The molecule has 0 radical (unpaired) electrons. The first-order valence-electron chi connectivity index (χ1n) is 14.6. The summed E-state index contributed by atoms with van der Waals surface area (Å²) in [6, 6.07) is 8.44. The highest BCUT2D eigenvalue weighted by Gasteiger charge is 2.44. The predicted octanol–water partition coefficient (Wildman–Crippen LogP) is 7.93. The van der Waals surface area contributed by atoms with Crippen LogP contribution in [-0.2, 0) is 9.47 Å².